The molecule has 1 saturated carbocycles. The summed E-state index contributed by atoms with van der Waals surface area (Å²) in [5.74, 6) is 0.0184. The molecular formula is C47H67ClN4O8S. The summed E-state index contributed by atoms with van der Waals surface area (Å²) < 4.78 is 55.1. The molecule has 0 aromatic heterocycles. The molecule has 2 bridgehead atoms. The second-order valence-electron chi connectivity index (χ2n) is 19.3. The maximum atomic E-state index is 13.8. The Morgan fingerprint density at radius 3 is 2.64 bits per heavy atom. The van der Waals surface area contributed by atoms with Crippen molar-refractivity contribution in [1.29, 1.82) is 0 Å². The molecule has 2 aromatic rings. The minimum absolute atomic E-state index is 0.0273. The summed E-state index contributed by atoms with van der Waals surface area (Å²) in [6, 6.07) is 11.5. The number of nitrogens with one attached hydrogen (secondary N) is 2. The molecule has 14 heteroatoms. The molecule has 0 radical (unpaired) electrons. The molecule has 7 atom stereocenters. The molecule has 12 nitrogen and oxygen atoms in total. The zero-order chi connectivity index (χ0) is 43.6. The van der Waals surface area contributed by atoms with E-state index >= 15 is 0 Å². The minimum Gasteiger partial charge on any atom is -0.490 e. The van der Waals surface area contributed by atoms with E-state index in [0.717, 1.165) is 62.1 Å². The van der Waals surface area contributed by atoms with Crippen molar-refractivity contribution in [2.45, 2.75) is 120 Å². The maximum absolute atomic E-state index is 13.8. The number of sulfonamides is 1. The van der Waals surface area contributed by atoms with Crippen LogP contribution < -0.4 is 19.7 Å². The number of ether oxygens (including phenoxy) is 4. The van der Waals surface area contributed by atoms with Crippen molar-refractivity contribution >= 4 is 39.3 Å². The Morgan fingerprint density at radius 1 is 1.07 bits per heavy atom. The number of carbonyl (C=O) groups excluding carboxylic acids is 2. The summed E-state index contributed by atoms with van der Waals surface area (Å²) in [6.07, 6.45) is 12.1. The van der Waals surface area contributed by atoms with E-state index in [9.17, 15) is 18.0 Å². The van der Waals surface area contributed by atoms with Crippen LogP contribution in [0.25, 0.3) is 0 Å². The van der Waals surface area contributed by atoms with E-state index in [2.05, 4.69) is 39.2 Å². The molecule has 3 heterocycles. The van der Waals surface area contributed by atoms with Crippen LogP contribution >= 0.6 is 11.6 Å². The van der Waals surface area contributed by atoms with E-state index in [1.54, 1.807) is 20.1 Å². The number of anilines is 1. The number of carbonyl (C=O) groups is 2. The fraction of sp³-hybridized carbons (Fsp3) is 0.660. The second-order valence-corrected chi connectivity index (χ2v) is 21.8. The van der Waals surface area contributed by atoms with Gasteiger partial charge in [0.1, 0.15) is 17.0 Å². The van der Waals surface area contributed by atoms with Gasteiger partial charge in [-0.15, -0.1) is 0 Å². The van der Waals surface area contributed by atoms with Gasteiger partial charge in [-0.25, -0.2) is 17.9 Å². The molecule has 336 valence electrons. The van der Waals surface area contributed by atoms with E-state index < -0.39 is 32.4 Å². The Bertz CT molecular complexity index is 2040. The van der Waals surface area contributed by atoms with Crippen LogP contribution in [0.5, 0.6) is 5.75 Å². The quantitative estimate of drug-likeness (QED) is 0.201. The Kier molecular flexibility index (Phi) is 14.1. The minimum atomic E-state index is -4.03. The molecule has 5 aliphatic rings. The third-order valence-corrected chi connectivity index (χ3v) is 16.1. The molecule has 2 amide bonds. The number of amides is 2. The van der Waals surface area contributed by atoms with Gasteiger partial charge in [0.25, 0.3) is 5.91 Å². The fourth-order valence-electron chi connectivity index (χ4n) is 10.3. The topological polar surface area (TPSA) is 136 Å². The zero-order valence-electron chi connectivity index (χ0n) is 37.0. The van der Waals surface area contributed by atoms with Gasteiger partial charge in [0.05, 0.1) is 30.8 Å². The van der Waals surface area contributed by atoms with Gasteiger partial charge < -0.3 is 34.1 Å². The molecule has 2 N–H and O–H groups in total. The summed E-state index contributed by atoms with van der Waals surface area (Å²) in [6.45, 7) is 13.6. The largest absolute Gasteiger partial charge is 0.490 e. The zero-order valence-corrected chi connectivity index (χ0v) is 38.5. The average molecular weight is 884 g/mol. The molecule has 0 unspecified atom stereocenters. The van der Waals surface area contributed by atoms with Crippen LogP contribution in [-0.4, -0.2) is 107 Å². The van der Waals surface area contributed by atoms with Crippen molar-refractivity contribution in [2.24, 2.45) is 17.8 Å². The first-order valence-electron chi connectivity index (χ1n) is 22.4. The molecule has 3 aliphatic heterocycles. The lowest BCUT2D eigenvalue weighted by Crippen LogP contribution is -2.58. The molecular weight excluding hydrogens is 816 g/mol. The second kappa shape index (κ2) is 18.8. The highest BCUT2D eigenvalue weighted by molar-refractivity contribution is 7.90. The fourth-order valence-corrected chi connectivity index (χ4v) is 11.8. The molecule has 61 heavy (non-hydrogen) atoms. The maximum Gasteiger partial charge on any atom is 0.410 e. The first-order valence-corrected chi connectivity index (χ1v) is 24.3. The summed E-state index contributed by atoms with van der Waals surface area (Å²) in [4.78, 5) is 31.4. The number of aryl methyl sites for hydroxylation is 1. The SMILES string of the molecule is COCCO[C@@]1(CNC[C@H]2CCCCN2C(=O)OC(C)(C)C)/C=C/C[C@H](C)[C@@H](C)S(=O)(=O)NC(=O)c2ccc3c(c2)N(C[C@@H]2CC[C@H]21)C[C@@]1(CCCc2cc(Cl)ccc21)CO3. The molecule has 1 saturated heterocycles. The predicted octanol–water partition coefficient (Wildman–Crippen LogP) is 7.66. The van der Waals surface area contributed by atoms with Crippen molar-refractivity contribution in [2.75, 3.05) is 64.6 Å². The van der Waals surface area contributed by atoms with E-state index in [0.29, 0.717) is 64.7 Å². The van der Waals surface area contributed by atoms with Crippen molar-refractivity contribution in [1.82, 2.24) is 14.9 Å². The predicted molar refractivity (Wildman–Crippen MR) is 239 cm³/mol. The number of allylic oxidation sites excluding steroid dienone is 1. The number of halogens is 1. The van der Waals surface area contributed by atoms with E-state index in [-0.39, 0.29) is 40.9 Å². The van der Waals surface area contributed by atoms with Crippen LogP contribution in [-0.2, 0) is 36.1 Å². The van der Waals surface area contributed by atoms with Gasteiger partial charge in [-0.05, 0) is 145 Å². The van der Waals surface area contributed by atoms with Gasteiger partial charge in [0, 0.05) is 61.9 Å². The van der Waals surface area contributed by atoms with Crippen molar-refractivity contribution in [3.63, 3.8) is 0 Å². The molecule has 2 fully saturated rings. The average Bonchev–Trinajstić information content (AvgIpc) is 3.34. The lowest BCUT2D eigenvalue weighted by Gasteiger charge is -2.51. The number of nitrogens with zero attached hydrogens (tertiary/aromatic N) is 2. The Balaban J connectivity index is 1.26. The summed E-state index contributed by atoms with van der Waals surface area (Å²) in [5, 5.41) is 3.66. The number of likely N-dealkylation sites (tertiary alicyclic amines) is 1. The number of piperidine rings is 1. The Hall–Kier alpha value is -3.36. The first-order chi connectivity index (χ1) is 29.0. The van der Waals surface area contributed by atoms with Crippen LogP contribution in [0.2, 0.25) is 5.02 Å². The van der Waals surface area contributed by atoms with Crippen LogP contribution in [0.3, 0.4) is 0 Å². The highest BCUT2D eigenvalue weighted by Gasteiger charge is 2.50. The van der Waals surface area contributed by atoms with Crippen LogP contribution in [0, 0.1) is 17.8 Å². The summed E-state index contributed by atoms with van der Waals surface area (Å²) in [5.41, 5.74) is 1.84. The third kappa shape index (κ3) is 10.2. The van der Waals surface area contributed by atoms with E-state index in [4.69, 9.17) is 30.5 Å². The Labute approximate surface area is 368 Å². The van der Waals surface area contributed by atoms with Crippen molar-refractivity contribution in [3.05, 3.63) is 70.3 Å². The molecule has 7 rings (SSSR count). The van der Waals surface area contributed by atoms with Gasteiger partial charge in [-0.2, -0.15) is 0 Å². The molecule has 2 aromatic carbocycles. The summed E-state index contributed by atoms with van der Waals surface area (Å²) >= 11 is 6.54. The lowest BCUT2D eigenvalue weighted by molar-refractivity contribution is -0.107. The van der Waals surface area contributed by atoms with Gasteiger partial charge in [0.15, 0.2) is 0 Å². The summed E-state index contributed by atoms with van der Waals surface area (Å²) in [7, 11) is -2.36. The molecule has 1 spiro atoms. The van der Waals surface area contributed by atoms with Gasteiger partial charge in [-0.1, -0.05) is 36.7 Å². The van der Waals surface area contributed by atoms with Gasteiger partial charge in [-0.3, -0.25) is 4.79 Å². The number of fused-ring (bicyclic) bond motifs is 4. The highest BCUT2D eigenvalue weighted by atomic mass is 35.5. The van der Waals surface area contributed by atoms with E-state index in [1.807, 2.05) is 50.8 Å². The molecule has 2 aliphatic carbocycles. The van der Waals surface area contributed by atoms with Crippen LogP contribution in [0.15, 0.2) is 48.6 Å². The van der Waals surface area contributed by atoms with Crippen LogP contribution in [0.1, 0.15) is 107 Å². The monoisotopic (exact) mass is 882 g/mol. The van der Waals surface area contributed by atoms with E-state index in [1.165, 1.54) is 11.1 Å². The normalized spacial score (nSPS) is 30.8. The number of hydrogen-bond donors (Lipinski definition) is 2. The smallest absolute Gasteiger partial charge is 0.410 e. The number of hydrogen-bond acceptors (Lipinski definition) is 10. The van der Waals surface area contributed by atoms with Gasteiger partial charge in [0.2, 0.25) is 10.0 Å². The number of rotatable bonds is 8. The van der Waals surface area contributed by atoms with Gasteiger partial charge >= 0.3 is 6.09 Å². The Morgan fingerprint density at radius 2 is 1.89 bits per heavy atom. The van der Waals surface area contributed by atoms with Crippen molar-refractivity contribution < 1.29 is 37.0 Å². The highest BCUT2D eigenvalue weighted by Crippen LogP contribution is 2.49. The standard InChI is InChI=1S/C47H67ClN4O8S/c1-32-11-9-21-47(59-24-23-57-6,29-49-27-38-13-7-8-22-52(38)44(54)60-45(3,4)5)40-17-14-36(40)28-51-30-46(20-10-12-34-25-37(48)16-18-39(34)46)31-58-42-19-15-35(26-41(42)51)43(53)50-61(55,56)33(32)2/h9,15-16,18-19,21,25-26,32-33,36,38,40,49H,7-8,10-14,17,20,22-24,27-31H2,1-6H3,(H,50,53)/b21-9+/t32-,33+,36-,38+,40+,46-,47+/m0/s1. The first kappa shape index (κ1) is 45.7. The van der Waals surface area contributed by atoms with Crippen LogP contribution in [0.4, 0.5) is 10.5 Å². The third-order valence-electron chi connectivity index (χ3n) is 13.9. The number of methoxy groups -OCH3 is 1. The number of benzene rings is 2. The van der Waals surface area contributed by atoms with Crippen molar-refractivity contribution in [3.8, 4) is 5.75 Å². The lowest BCUT2D eigenvalue weighted by atomic mass is 9.63.